The van der Waals surface area contributed by atoms with Crippen molar-refractivity contribution in [3.63, 3.8) is 0 Å². The van der Waals surface area contributed by atoms with Gasteiger partial charge in [0.2, 0.25) is 5.89 Å². The standard InChI is InChI=1S/C14H11Cl2FN4O2/c15-10-5-6-21(7-11(10)16)14(22)18-13-20-19-12(23-13)8-1-3-9(17)4-2-8/h1-4H,5-7H2,(H,18,20,22). The van der Waals surface area contributed by atoms with Gasteiger partial charge in [-0.2, -0.15) is 0 Å². The van der Waals surface area contributed by atoms with Gasteiger partial charge in [0.05, 0.1) is 11.6 Å². The lowest BCUT2D eigenvalue weighted by atomic mass is 10.2. The molecular formula is C14H11Cl2FN4O2. The predicted octanol–water partition coefficient (Wildman–Crippen LogP) is 3.80. The van der Waals surface area contributed by atoms with E-state index < -0.39 is 6.03 Å². The minimum atomic E-state index is -0.415. The predicted molar refractivity (Wildman–Crippen MR) is 83.6 cm³/mol. The van der Waals surface area contributed by atoms with Crippen molar-refractivity contribution in [1.82, 2.24) is 15.1 Å². The maximum absolute atomic E-state index is 12.9. The number of urea groups is 1. The number of rotatable bonds is 2. The summed E-state index contributed by atoms with van der Waals surface area (Å²) < 4.78 is 18.2. The van der Waals surface area contributed by atoms with Gasteiger partial charge in [-0.3, -0.25) is 5.32 Å². The summed E-state index contributed by atoms with van der Waals surface area (Å²) in [6.45, 7) is 0.672. The molecule has 0 fully saturated rings. The number of nitrogens with one attached hydrogen (secondary N) is 1. The van der Waals surface area contributed by atoms with Crippen LogP contribution in [0.3, 0.4) is 0 Å². The molecule has 2 heterocycles. The van der Waals surface area contributed by atoms with Crippen molar-refractivity contribution in [2.24, 2.45) is 0 Å². The highest BCUT2D eigenvalue weighted by Crippen LogP contribution is 2.25. The molecule has 2 amide bonds. The van der Waals surface area contributed by atoms with Gasteiger partial charge in [0.15, 0.2) is 0 Å². The number of anilines is 1. The molecule has 0 bridgehead atoms. The quantitative estimate of drug-likeness (QED) is 0.888. The molecule has 0 unspecified atom stereocenters. The molecule has 0 atom stereocenters. The zero-order chi connectivity index (χ0) is 16.4. The SMILES string of the molecule is O=C(Nc1nnc(-c2ccc(F)cc2)o1)N1CCC(Cl)=C(Cl)C1. The number of halogens is 3. The summed E-state index contributed by atoms with van der Waals surface area (Å²) in [5.41, 5.74) is 0.551. The van der Waals surface area contributed by atoms with Crippen molar-refractivity contribution in [3.8, 4) is 11.5 Å². The van der Waals surface area contributed by atoms with Crippen molar-refractivity contribution in [3.05, 3.63) is 40.1 Å². The van der Waals surface area contributed by atoms with Gasteiger partial charge in [-0.05, 0) is 24.3 Å². The molecule has 0 saturated carbocycles. The van der Waals surface area contributed by atoms with Gasteiger partial charge in [0.25, 0.3) is 0 Å². The first-order valence-electron chi connectivity index (χ1n) is 6.71. The molecule has 0 aliphatic carbocycles. The summed E-state index contributed by atoms with van der Waals surface area (Å²) in [6, 6.07) is 5.11. The third-order valence-electron chi connectivity index (χ3n) is 3.24. The summed E-state index contributed by atoms with van der Waals surface area (Å²) in [7, 11) is 0. The van der Waals surface area contributed by atoms with Gasteiger partial charge < -0.3 is 9.32 Å². The van der Waals surface area contributed by atoms with E-state index in [9.17, 15) is 9.18 Å². The Morgan fingerprint density at radius 3 is 2.65 bits per heavy atom. The number of benzene rings is 1. The molecule has 23 heavy (non-hydrogen) atoms. The van der Waals surface area contributed by atoms with Gasteiger partial charge in [0, 0.05) is 23.6 Å². The third-order valence-corrected chi connectivity index (χ3v) is 4.10. The van der Waals surface area contributed by atoms with Crippen LogP contribution >= 0.6 is 23.2 Å². The van der Waals surface area contributed by atoms with Crippen LogP contribution in [-0.2, 0) is 0 Å². The van der Waals surface area contributed by atoms with E-state index >= 15 is 0 Å². The lowest BCUT2D eigenvalue weighted by Crippen LogP contribution is -2.38. The van der Waals surface area contributed by atoms with Gasteiger partial charge in [-0.1, -0.05) is 28.3 Å². The van der Waals surface area contributed by atoms with E-state index in [0.29, 0.717) is 28.6 Å². The molecule has 9 heteroatoms. The Morgan fingerprint density at radius 1 is 1.22 bits per heavy atom. The Labute approximate surface area is 140 Å². The maximum atomic E-state index is 12.9. The molecule has 0 spiro atoms. The topological polar surface area (TPSA) is 71.3 Å². The van der Waals surface area contributed by atoms with Crippen molar-refractivity contribution < 1.29 is 13.6 Å². The molecule has 0 radical (unpaired) electrons. The second-order valence-corrected chi connectivity index (χ2v) is 5.74. The molecule has 1 aromatic heterocycles. The normalized spacial score (nSPS) is 15.0. The van der Waals surface area contributed by atoms with Crippen LogP contribution in [0.4, 0.5) is 15.2 Å². The first-order chi connectivity index (χ1) is 11.0. The van der Waals surface area contributed by atoms with Crippen LogP contribution in [0.25, 0.3) is 11.5 Å². The average molecular weight is 357 g/mol. The molecule has 1 N–H and O–H groups in total. The largest absolute Gasteiger partial charge is 0.403 e. The fraction of sp³-hybridized carbons (Fsp3) is 0.214. The molecule has 120 valence electrons. The Balaban J connectivity index is 1.67. The summed E-state index contributed by atoms with van der Waals surface area (Å²) >= 11 is 11.9. The third kappa shape index (κ3) is 3.62. The highest BCUT2D eigenvalue weighted by molar-refractivity contribution is 6.39. The van der Waals surface area contributed by atoms with Gasteiger partial charge in [-0.25, -0.2) is 9.18 Å². The summed E-state index contributed by atoms with van der Waals surface area (Å²) in [5, 5.41) is 11.1. The zero-order valence-corrected chi connectivity index (χ0v) is 13.2. The minimum absolute atomic E-state index is 0.0499. The molecule has 6 nitrogen and oxygen atoms in total. The number of carbonyl (C=O) groups is 1. The summed E-state index contributed by atoms with van der Waals surface area (Å²) in [4.78, 5) is 13.6. The van der Waals surface area contributed by atoms with Crippen molar-refractivity contribution in [2.45, 2.75) is 6.42 Å². The number of nitrogens with zero attached hydrogens (tertiary/aromatic N) is 3. The lowest BCUT2D eigenvalue weighted by Gasteiger charge is -2.26. The molecule has 0 saturated heterocycles. The van der Waals surface area contributed by atoms with Crippen molar-refractivity contribution in [1.29, 1.82) is 0 Å². The Hall–Kier alpha value is -2.12. The fourth-order valence-electron chi connectivity index (χ4n) is 2.03. The number of carbonyl (C=O) groups excluding carboxylic acids is 1. The molecule has 2 aromatic rings. The molecule has 1 aliphatic heterocycles. The fourth-order valence-corrected chi connectivity index (χ4v) is 2.41. The Kier molecular flexibility index (Phi) is 4.49. The molecule has 3 rings (SSSR count). The van der Waals surface area contributed by atoms with Crippen LogP contribution in [0.2, 0.25) is 0 Å². The van der Waals surface area contributed by atoms with Gasteiger partial charge in [0.1, 0.15) is 5.82 Å². The Bertz CT molecular complexity index is 760. The van der Waals surface area contributed by atoms with Crippen molar-refractivity contribution in [2.75, 3.05) is 18.4 Å². The van der Waals surface area contributed by atoms with E-state index in [1.807, 2.05) is 0 Å². The number of aromatic nitrogens is 2. The first kappa shape index (κ1) is 15.8. The molecular weight excluding hydrogens is 346 g/mol. The summed E-state index contributed by atoms with van der Waals surface area (Å²) in [5.74, 6) is -0.185. The average Bonchev–Trinajstić information content (AvgIpc) is 2.99. The number of hydrogen-bond acceptors (Lipinski definition) is 4. The monoisotopic (exact) mass is 356 g/mol. The smallest absolute Gasteiger partial charge is 0.325 e. The highest BCUT2D eigenvalue weighted by atomic mass is 35.5. The van der Waals surface area contributed by atoms with E-state index in [2.05, 4.69) is 15.5 Å². The number of hydrogen-bond donors (Lipinski definition) is 1. The van der Waals surface area contributed by atoms with Crippen LogP contribution < -0.4 is 5.32 Å². The Morgan fingerprint density at radius 2 is 1.96 bits per heavy atom. The van der Waals surface area contributed by atoms with Gasteiger partial charge in [-0.15, -0.1) is 5.10 Å². The van der Waals surface area contributed by atoms with Crippen LogP contribution in [0, 0.1) is 5.82 Å². The van der Waals surface area contributed by atoms with E-state index in [1.54, 1.807) is 0 Å². The highest BCUT2D eigenvalue weighted by Gasteiger charge is 2.22. The van der Waals surface area contributed by atoms with Crippen LogP contribution in [0.1, 0.15) is 6.42 Å². The molecule has 1 aromatic carbocycles. The van der Waals surface area contributed by atoms with Crippen molar-refractivity contribution >= 4 is 35.2 Å². The number of amides is 2. The second kappa shape index (κ2) is 6.55. The van der Waals surface area contributed by atoms with E-state index in [4.69, 9.17) is 27.6 Å². The second-order valence-electron chi connectivity index (χ2n) is 4.83. The summed E-state index contributed by atoms with van der Waals surface area (Å²) in [6.07, 6.45) is 0.498. The van der Waals surface area contributed by atoms with Gasteiger partial charge >= 0.3 is 12.0 Å². The van der Waals surface area contributed by atoms with E-state index in [0.717, 1.165) is 0 Å². The first-order valence-corrected chi connectivity index (χ1v) is 7.47. The van der Waals surface area contributed by atoms with E-state index in [1.165, 1.54) is 29.2 Å². The van der Waals surface area contributed by atoms with Crippen LogP contribution in [0.5, 0.6) is 0 Å². The van der Waals surface area contributed by atoms with Crippen LogP contribution in [-0.4, -0.2) is 34.2 Å². The van der Waals surface area contributed by atoms with E-state index in [-0.39, 0.29) is 24.3 Å². The zero-order valence-electron chi connectivity index (χ0n) is 11.7. The lowest BCUT2D eigenvalue weighted by molar-refractivity contribution is 0.215. The minimum Gasteiger partial charge on any atom is -0.403 e. The maximum Gasteiger partial charge on any atom is 0.325 e. The molecule has 1 aliphatic rings. The van der Waals surface area contributed by atoms with Crippen LogP contribution in [0.15, 0.2) is 38.7 Å².